The minimum atomic E-state index is -0.787. The van der Waals surface area contributed by atoms with Crippen LogP contribution in [0.15, 0.2) is 30.3 Å². The predicted octanol–water partition coefficient (Wildman–Crippen LogP) is 0.908. The second kappa shape index (κ2) is 8.13. The van der Waals surface area contributed by atoms with Crippen molar-refractivity contribution in [2.45, 2.75) is 50.8 Å². The molecule has 2 fully saturated rings. The summed E-state index contributed by atoms with van der Waals surface area (Å²) in [6.07, 6.45) is -3.27. The molecule has 1 aromatic rings. The molecular formula is C18H23NO7. The highest BCUT2D eigenvalue weighted by Gasteiger charge is 2.52. The van der Waals surface area contributed by atoms with E-state index in [1.54, 1.807) is 0 Å². The third kappa shape index (κ3) is 4.04. The molecule has 0 unspecified atom stereocenters. The van der Waals surface area contributed by atoms with Gasteiger partial charge in [0.15, 0.2) is 18.7 Å². The highest BCUT2D eigenvalue weighted by molar-refractivity contribution is 5.73. The van der Waals surface area contributed by atoms with Gasteiger partial charge in [-0.2, -0.15) is 0 Å². The standard InChI is InChI=1S/C18H23NO7/c1-10(20)19-14-16(24-11(2)21)15-13(25-18(14)22-3)9-23-17(26-15)12-7-5-4-6-8-12/h4-8,13-18H,9H2,1-3H3,(H,19,20)/t13-,14+,15-,16-,17-,18+/m1/s1. The number of ether oxygens (including phenoxy) is 5. The van der Waals surface area contributed by atoms with E-state index in [2.05, 4.69) is 5.32 Å². The van der Waals surface area contributed by atoms with E-state index < -0.39 is 42.9 Å². The minimum absolute atomic E-state index is 0.245. The number of carbonyl (C=O) groups excluding carboxylic acids is 2. The van der Waals surface area contributed by atoms with E-state index in [0.29, 0.717) is 0 Å². The molecule has 0 radical (unpaired) electrons. The summed E-state index contributed by atoms with van der Waals surface area (Å²) in [5, 5.41) is 2.74. The average molecular weight is 365 g/mol. The van der Waals surface area contributed by atoms with Crippen LogP contribution in [-0.4, -0.2) is 56.2 Å². The molecule has 0 spiro atoms. The van der Waals surface area contributed by atoms with Gasteiger partial charge >= 0.3 is 5.97 Å². The number of rotatable bonds is 4. The number of methoxy groups -OCH3 is 1. The van der Waals surface area contributed by atoms with Crippen molar-refractivity contribution in [2.24, 2.45) is 0 Å². The largest absolute Gasteiger partial charge is 0.457 e. The van der Waals surface area contributed by atoms with Crippen LogP contribution in [0.5, 0.6) is 0 Å². The number of fused-ring (bicyclic) bond motifs is 1. The van der Waals surface area contributed by atoms with Gasteiger partial charge in [0.25, 0.3) is 0 Å². The summed E-state index contributed by atoms with van der Waals surface area (Å²) in [7, 11) is 1.46. The van der Waals surface area contributed by atoms with Gasteiger partial charge in [-0.1, -0.05) is 30.3 Å². The second-order valence-corrected chi connectivity index (χ2v) is 6.26. The molecule has 0 saturated carbocycles. The van der Waals surface area contributed by atoms with Gasteiger partial charge in [0.1, 0.15) is 18.2 Å². The topological polar surface area (TPSA) is 92.3 Å². The number of amides is 1. The predicted molar refractivity (Wildman–Crippen MR) is 88.8 cm³/mol. The van der Waals surface area contributed by atoms with Crippen molar-refractivity contribution in [3.05, 3.63) is 35.9 Å². The van der Waals surface area contributed by atoms with Crippen LogP contribution in [0.4, 0.5) is 0 Å². The first-order valence-corrected chi connectivity index (χ1v) is 8.44. The Morgan fingerprint density at radius 3 is 2.50 bits per heavy atom. The van der Waals surface area contributed by atoms with Crippen molar-refractivity contribution < 1.29 is 33.3 Å². The van der Waals surface area contributed by atoms with E-state index in [4.69, 9.17) is 23.7 Å². The molecule has 3 rings (SSSR count). The molecule has 1 N–H and O–H groups in total. The third-order valence-corrected chi connectivity index (χ3v) is 4.31. The van der Waals surface area contributed by atoms with E-state index in [1.807, 2.05) is 30.3 Å². The zero-order valence-corrected chi connectivity index (χ0v) is 14.9. The molecule has 0 bridgehead atoms. The quantitative estimate of drug-likeness (QED) is 0.793. The van der Waals surface area contributed by atoms with Gasteiger partial charge in [0.05, 0.1) is 6.61 Å². The lowest BCUT2D eigenvalue weighted by Gasteiger charge is -2.48. The zero-order valence-electron chi connectivity index (χ0n) is 14.9. The fraction of sp³-hybridized carbons (Fsp3) is 0.556. The molecule has 0 aliphatic carbocycles. The number of carbonyl (C=O) groups is 2. The van der Waals surface area contributed by atoms with Crippen molar-refractivity contribution >= 4 is 11.9 Å². The van der Waals surface area contributed by atoms with Crippen LogP contribution >= 0.6 is 0 Å². The first-order chi connectivity index (χ1) is 12.5. The van der Waals surface area contributed by atoms with Crippen molar-refractivity contribution in [2.75, 3.05) is 13.7 Å². The summed E-state index contributed by atoms with van der Waals surface area (Å²) >= 11 is 0. The molecule has 2 aliphatic heterocycles. The molecule has 8 heteroatoms. The summed E-state index contributed by atoms with van der Waals surface area (Å²) in [4.78, 5) is 23.3. The Morgan fingerprint density at radius 2 is 1.88 bits per heavy atom. The van der Waals surface area contributed by atoms with Crippen molar-refractivity contribution in [3.8, 4) is 0 Å². The Balaban J connectivity index is 1.86. The van der Waals surface area contributed by atoms with Gasteiger partial charge in [-0.05, 0) is 0 Å². The molecule has 0 aromatic heterocycles. The molecule has 8 nitrogen and oxygen atoms in total. The molecule has 1 amide bonds. The maximum Gasteiger partial charge on any atom is 0.303 e. The van der Waals surface area contributed by atoms with Crippen molar-refractivity contribution in [1.82, 2.24) is 5.32 Å². The molecule has 1 aromatic carbocycles. The van der Waals surface area contributed by atoms with E-state index >= 15 is 0 Å². The van der Waals surface area contributed by atoms with Gasteiger partial charge in [0.2, 0.25) is 5.91 Å². The molecular weight excluding hydrogens is 342 g/mol. The average Bonchev–Trinajstić information content (AvgIpc) is 2.63. The summed E-state index contributed by atoms with van der Waals surface area (Å²) in [6.45, 7) is 2.93. The first-order valence-electron chi connectivity index (χ1n) is 8.44. The second-order valence-electron chi connectivity index (χ2n) is 6.26. The smallest absolute Gasteiger partial charge is 0.303 e. The fourth-order valence-electron chi connectivity index (χ4n) is 3.27. The van der Waals surface area contributed by atoms with E-state index in [9.17, 15) is 9.59 Å². The highest BCUT2D eigenvalue weighted by atomic mass is 16.7. The number of hydrogen-bond donors (Lipinski definition) is 1. The molecule has 26 heavy (non-hydrogen) atoms. The Hall–Kier alpha value is -2.00. The Labute approximate surface area is 151 Å². The minimum Gasteiger partial charge on any atom is -0.457 e. The molecule has 6 atom stereocenters. The van der Waals surface area contributed by atoms with Crippen LogP contribution in [0, 0.1) is 0 Å². The summed E-state index contributed by atoms with van der Waals surface area (Å²) in [5.74, 6) is -0.768. The maximum absolute atomic E-state index is 11.7. The van der Waals surface area contributed by atoms with E-state index in [0.717, 1.165) is 5.56 Å². The van der Waals surface area contributed by atoms with Crippen LogP contribution in [0.1, 0.15) is 25.7 Å². The van der Waals surface area contributed by atoms with E-state index in [1.165, 1.54) is 21.0 Å². The molecule has 2 saturated heterocycles. The van der Waals surface area contributed by atoms with Crippen LogP contribution in [0.25, 0.3) is 0 Å². The Bertz CT molecular complexity index is 638. The van der Waals surface area contributed by atoms with Crippen molar-refractivity contribution in [3.63, 3.8) is 0 Å². The van der Waals surface area contributed by atoms with Gasteiger partial charge in [-0.25, -0.2) is 0 Å². The summed E-state index contributed by atoms with van der Waals surface area (Å²) in [5.41, 5.74) is 0.845. The fourth-order valence-corrected chi connectivity index (χ4v) is 3.27. The van der Waals surface area contributed by atoms with Crippen LogP contribution in [0.2, 0.25) is 0 Å². The van der Waals surface area contributed by atoms with Crippen LogP contribution in [-0.2, 0) is 33.3 Å². The maximum atomic E-state index is 11.7. The molecule has 2 aliphatic rings. The van der Waals surface area contributed by atoms with E-state index in [-0.39, 0.29) is 12.5 Å². The number of benzene rings is 1. The lowest BCUT2D eigenvalue weighted by atomic mass is 9.95. The lowest BCUT2D eigenvalue weighted by Crippen LogP contribution is -2.67. The van der Waals surface area contributed by atoms with Gasteiger partial charge in [0, 0.05) is 26.5 Å². The number of nitrogens with one attached hydrogen (secondary N) is 1. The van der Waals surface area contributed by atoms with Crippen molar-refractivity contribution in [1.29, 1.82) is 0 Å². The highest BCUT2D eigenvalue weighted by Crippen LogP contribution is 2.35. The monoisotopic (exact) mass is 365 g/mol. The molecule has 2 heterocycles. The summed E-state index contributed by atoms with van der Waals surface area (Å²) in [6, 6.07) is 8.75. The van der Waals surface area contributed by atoms with Crippen LogP contribution in [0.3, 0.4) is 0 Å². The number of hydrogen-bond acceptors (Lipinski definition) is 7. The molecule has 142 valence electrons. The number of esters is 1. The SMILES string of the molecule is CO[C@H]1O[C@@H]2CO[C@@H](c3ccccc3)O[C@H]2[C@H](OC(C)=O)[C@@H]1NC(C)=O. The van der Waals surface area contributed by atoms with Gasteiger partial charge < -0.3 is 29.0 Å². The van der Waals surface area contributed by atoms with Crippen LogP contribution < -0.4 is 5.32 Å². The third-order valence-electron chi connectivity index (χ3n) is 4.31. The normalized spacial score (nSPS) is 33.8. The Kier molecular flexibility index (Phi) is 5.87. The Morgan fingerprint density at radius 1 is 1.15 bits per heavy atom. The lowest BCUT2D eigenvalue weighted by molar-refractivity contribution is -0.341. The summed E-state index contributed by atoms with van der Waals surface area (Å²) < 4.78 is 28.5. The van der Waals surface area contributed by atoms with Gasteiger partial charge in [-0.15, -0.1) is 0 Å². The van der Waals surface area contributed by atoms with Gasteiger partial charge in [-0.3, -0.25) is 9.59 Å². The zero-order chi connectivity index (χ0) is 18.7. The first kappa shape index (κ1) is 18.8.